The second-order valence-electron chi connectivity index (χ2n) is 2.74. The molecule has 2 heterocycles. The van der Waals surface area contributed by atoms with E-state index in [-0.39, 0.29) is 6.01 Å². The number of nitrogen functional groups attached to an aromatic ring is 1. The normalized spacial score (nSPS) is 9.93. The Morgan fingerprint density at radius 2 is 1.87 bits per heavy atom. The molecule has 0 radical (unpaired) electrons. The van der Waals surface area contributed by atoms with Crippen molar-refractivity contribution in [2.45, 2.75) is 0 Å². The van der Waals surface area contributed by atoms with Gasteiger partial charge in [0, 0.05) is 12.3 Å². The minimum atomic E-state index is 0.202. The van der Waals surface area contributed by atoms with Crippen LogP contribution in [0, 0.1) is 0 Å². The first-order valence-electron chi connectivity index (χ1n) is 4.10. The molecule has 2 aromatic rings. The zero-order chi connectivity index (χ0) is 10.7. The number of pyridine rings is 1. The summed E-state index contributed by atoms with van der Waals surface area (Å²) >= 11 is 5.73. The number of nitrogens with zero attached hydrogens (tertiary/aromatic N) is 3. The number of rotatable bonds is 2. The molecule has 0 aliphatic carbocycles. The van der Waals surface area contributed by atoms with Gasteiger partial charge in [-0.1, -0.05) is 11.6 Å². The molecule has 0 amide bonds. The summed E-state index contributed by atoms with van der Waals surface area (Å²) in [6.07, 6.45) is 5.95. The summed E-state index contributed by atoms with van der Waals surface area (Å²) in [6.45, 7) is 0. The highest BCUT2D eigenvalue weighted by Gasteiger charge is 2.00. The molecule has 15 heavy (non-hydrogen) atoms. The van der Waals surface area contributed by atoms with Crippen LogP contribution in [-0.4, -0.2) is 15.0 Å². The maximum absolute atomic E-state index is 5.73. The number of anilines is 1. The van der Waals surface area contributed by atoms with Crippen LogP contribution < -0.4 is 10.5 Å². The summed E-state index contributed by atoms with van der Waals surface area (Å²) in [4.78, 5) is 11.6. The predicted molar refractivity (Wildman–Crippen MR) is 55.8 cm³/mol. The molecule has 0 fully saturated rings. The van der Waals surface area contributed by atoms with E-state index in [1.54, 1.807) is 6.07 Å². The second-order valence-corrected chi connectivity index (χ2v) is 3.18. The standard InChI is InChI=1S/C9H7ClN4O/c10-6-1-8(5-12-2-6)15-9-13-3-7(11)4-14-9/h1-5H,11H2. The molecule has 0 aromatic carbocycles. The fourth-order valence-electron chi connectivity index (χ4n) is 0.932. The predicted octanol–water partition coefficient (Wildman–Crippen LogP) is 1.90. The second kappa shape index (κ2) is 4.10. The molecule has 76 valence electrons. The lowest BCUT2D eigenvalue weighted by atomic mass is 10.5. The maximum Gasteiger partial charge on any atom is 0.322 e. The zero-order valence-electron chi connectivity index (χ0n) is 7.59. The third-order valence-corrected chi connectivity index (χ3v) is 1.74. The third-order valence-electron chi connectivity index (χ3n) is 1.54. The Labute approximate surface area is 90.9 Å². The van der Waals surface area contributed by atoms with Crippen LogP contribution in [0.4, 0.5) is 5.69 Å². The average molecular weight is 223 g/mol. The van der Waals surface area contributed by atoms with Crippen molar-refractivity contribution in [2.24, 2.45) is 0 Å². The number of hydrogen-bond donors (Lipinski definition) is 1. The van der Waals surface area contributed by atoms with Gasteiger partial charge in [0.2, 0.25) is 0 Å². The number of nitrogens with two attached hydrogens (primary N) is 1. The van der Waals surface area contributed by atoms with Crippen LogP contribution in [-0.2, 0) is 0 Å². The summed E-state index contributed by atoms with van der Waals surface area (Å²) in [5.41, 5.74) is 5.91. The largest absolute Gasteiger partial charge is 0.423 e. The van der Waals surface area contributed by atoms with Gasteiger partial charge >= 0.3 is 6.01 Å². The molecule has 2 N–H and O–H groups in total. The van der Waals surface area contributed by atoms with E-state index in [0.29, 0.717) is 16.5 Å². The van der Waals surface area contributed by atoms with Gasteiger partial charge in [0.25, 0.3) is 0 Å². The van der Waals surface area contributed by atoms with Crippen molar-refractivity contribution in [3.8, 4) is 11.8 Å². The van der Waals surface area contributed by atoms with Gasteiger partial charge in [-0.25, -0.2) is 9.97 Å². The number of aromatic nitrogens is 3. The summed E-state index contributed by atoms with van der Waals surface area (Å²) < 4.78 is 5.29. The van der Waals surface area contributed by atoms with Crippen LogP contribution in [0.2, 0.25) is 5.02 Å². The Bertz CT molecular complexity index is 460. The van der Waals surface area contributed by atoms with E-state index in [9.17, 15) is 0 Å². The smallest absolute Gasteiger partial charge is 0.322 e. The lowest BCUT2D eigenvalue weighted by Gasteiger charge is -2.02. The maximum atomic E-state index is 5.73. The highest BCUT2D eigenvalue weighted by atomic mass is 35.5. The molecule has 0 aliphatic heterocycles. The highest BCUT2D eigenvalue weighted by Crippen LogP contribution is 2.19. The lowest BCUT2D eigenvalue weighted by molar-refractivity contribution is 0.440. The fourth-order valence-corrected chi connectivity index (χ4v) is 1.10. The summed E-state index contributed by atoms with van der Waals surface area (Å²) in [7, 11) is 0. The Morgan fingerprint density at radius 3 is 2.53 bits per heavy atom. The van der Waals surface area contributed by atoms with Gasteiger partial charge in [-0.3, -0.25) is 4.98 Å². The van der Waals surface area contributed by atoms with E-state index in [1.807, 2.05) is 0 Å². The molecule has 0 atom stereocenters. The van der Waals surface area contributed by atoms with Crippen LogP contribution in [0.1, 0.15) is 0 Å². The first-order valence-corrected chi connectivity index (χ1v) is 4.48. The van der Waals surface area contributed by atoms with Crippen molar-refractivity contribution in [2.75, 3.05) is 5.73 Å². The van der Waals surface area contributed by atoms with Crippen molar-refractivity contribution in [3.05, 3.63) is 35.9 Å². The van der Waals surface area contributed by atoms with Gasteiger partial charge in [0.15, 0.2) is 5.75 Å². The van der Waals surface area contributed by atoms with Crippen molar-refractivity contribution in [3.63, 3.8) is 0 Å². The minimum Gasteiger partial charge on any atom is -0.423 e. The Balaban J connectivity index is 2.18. The molecule has 2 aromatic heterocycles. The molecule has 0 bridgehead atoms. The van der Waals surface area contributed by atoms with E-state index in [4.69, 9.17) is 22.1 Å². The molecule has 2 rings (SSSR count). The molecule has 0 spiro atoms. The topological polar surface area (TPSA) is 73.9 Å². The fraction of sp³-hybridized carbons (Fsp3) is 0. The van der Waals surface area contributed by atoms with Gasteiger partial charge in [-0.05, 0) is 0 Å². The first kappa shape index (κ1) is 9.67. The number of hydrogen-bond acceptors (Lipinski definition) is 5. The molecule has 5 nitrogen and oxygen atoms in total. The van der Waals surface area contributed by atoms with Crippen LogP contribution in [0.25, 0.3) is 0 Å². The zero-order valence-corrected chi connectivity index (χ0v) is 8.35. The average Bonchev–Trinajstić information content (AvgIpc) is 2.22. The van der Waals surface area contributed by atoms with Crippen molar-refractivity contribution >= 4 is 17.3 Å². The Hall–Kier alpha value is -1.88. The van der Waals surface area contributed by atoms with Gasteiger partial charge < -0.3 is 10.5 Å². The molecule has 0 saturated heterocycles. The van der Waals surface area contributed by atoms with E-state index in [1.165, 1.54) is 24.8 Å². The van der Waals surface area contributed by atoms with Crippen molar-refractivity contribution in [1.29, 1.82) is 0 Å². The molecule has 6 heteroatoms. The van der Waals surface area contributed by atoms with Crippen LogP contribution in [0.3, 0.4) is 0 Å². The first-order chi connectivity index (χ1) is 7.24. The highest BCUT2D eigenvalue weighted by molar-refractivity contribution is 6.30. The molecule has 0 aliphatic rings. The SMILES string of the molecule is Nc1cnc(Oc2cncc(Cl)c2)nc1. The summed E-state index contributed by atoms with van der Waals surface area (Å²) in [5, 5.41) is 0.489. The van der Waals surface area contributed by atoms with E-state index < -0.39 is 0 Å². The van der Waals surface area contributed by atoms with Gasteiger partial charge in [0.05, 0.1) is 29.3 Å². The summed E-state index contributed by atoms with van der Waals surface area (Å²) in [5.74, 6) is 0.479. The Kier molecular flexibility index (Phi) is 2.64. The van der Waals surface area contributed by atoms with E-state index in [0.717, 1.165) is 0 Å². The van der Waals surface area contributed by atoms with Crippen molar-refractivity contribution in [1.82, 2.24) is 15.0 Å². The van der Waals surface area contributed by atoms with Gasteiger partial charge in [-0.2, -0.15) is 0 Å². The molecule has 0 unspecified atom stereocenters. The van der Waals surface area contributed by atoms with Crippen molar-refractivity contribution < 1.29 is 4.74 Å². The molecular weight excluding hydrogens is 216 g/mol. The lowest BCUT2D eigenvalue weighted by Crippen LogP contribution is -1.94. The number of halogens is 1. The van der Waals surface area contributed by atoms with E-state index in [2.05, 4.69) is 15.0 Å². The minimum absolute atomic E-state index is 0.202. The number of ether oxygens (including phenoxy) is 1. The van der Waals surface area contributed by atoms with Crippen LogP contribution in [0.15, 0.2) is 30.9 Å². The third kappa shape index (κ3) is 2.54. The quantitative estimate of drug-likeness (QED) is 0.840. The monoisotopic (exact) mass is 222 g/mol. The van der Waals surface area contributed by atoms with E-state index >= 15 is 0 Å². The summed E-state index contributed by atoms with van der Waals surface area (Å²) in [6, 6.07) is 1.82. The van der Waals surface area contributed by atoms with Gasteiger partial charge in [0.1, 0.15) is 0 Å². The molecule has 0 saturated carbocycles. The van der Waals surface area contributed by atoms with Crippen LogP contribution in [0.5, 0.6) is 11.8 Å². The molecular formula is C9H7ClN4O. The Morgan fingerprint density at radius 1 is 1.13 bits per heavy atom. The van der Waals surface area contributed by atoms with Gasteiger partial charge in [-0.15, -0.1) is 0 Å². The van der Waals surface area contributed by atoms with Crippen LogP contribution >= 0.6 is 11.6 Å².